The highest BCUT2D eigenvalue weighted by atomic mass is 79.9. The van der Waals surface area contributed by atoms with E-state index in [2.05, 4.69) is 15.9 Å². The molecule has 0 aliphatic carbocycles. The van der Waals surface area contributed by atoms with Crippen LogP contribution in [0.25, 0.3) is 0 Å². The number of non-ortho nitro benzene ring substituents is 1. The minimum absolute atomic E-state index is 0.0520. The molecular formula is C7H4BrCl2NO2. The van der Waals surface area contributed by atoms with Crippen molar-refractivity contribution in [3.63, 3.8) is 0 Å². The molecule has 0 bridgehead atoms. The molecule has 0 aromatic heterocycles. The molecule has 1 rings (SSSR count). The number of alkyl halides is 1. The zero-order chi connectivity index (χ0) is 10.0. The van der Waals surface area contributed by atoms with Crippen LogP contribution in [0.4, 0.5) is 5.69 Å². The summed E-state index contributed by atoms with van der Waals surface area (Å²) in [5, 5.41) is 11.4. The molecule has 0 atom stereocenters. The van der Waals surface area contributed by atoms with Crippen LogP contribution in [0.1, 0.15) is 5.56 Å². The third-order valence-electron chi connectivity index (χ3n) is 1.44. The summed E-state index contributed by atoms with van der Waals surface area (Å²) in [4.78, 5) is 9.92. The molecule has 70 valence electrons. The van der Waals surface area contributed by atoms with Crippen LogP contribution in [-0.4, -0.2) is 4.92 Å². The second-order valence-corrected chi connectivity index (χ2v) is 3.64. The van der Waals surface area contributed by atoms with Gasteiger partial charge in [0.15, 0.2) is 0 Å². The number of hydrogen-bond donors (Lipinski definition) is 0. The third kappa shape index (κ3) is 2.33. The predicted octanol–water partition coefficient (Wildman–Crippen LogP) is 3.80. The lowest BCUT2D eigenvalue weighted by Gasteiger charge is -2.01. The highest BCUT2D eigenvalue weighted by Crippen LogP contribution is 2.31. The van der Waals surface area contributed by atoms with E-state index in [1.165, 1.54) is 12.1 Å². The van der Waals surface area contributed by atoms with Crippen LogP contribution in [-0.2, 0) is 5.33 Å². The largest absolute Gasteiger partial charge is 0.271 e. The summed E-state index contributed by atoms with van der Waals surface area (Å²) in [7, 11) is 0. The molecular weight excluding hydrogens is 281 g/mol. The molecule has 13 heavy (non-hydrogen) atoms. The van der Waals surface area contributed by atoms with Gasteiger partial charge in [0.25, 0.3) is 5.69 Å². The number of nitro benzene ring substituents is 1. The maximum absolute atomic E-state index is 10.4. The van der Waals surface area contributed by atoms with E-state index in [1.807, 2.05) is 0 Å². The molecule has 0 saturated heterocycles. The first-order chi connectivity index (χ1) is 6.06. The van der Waals surface area contributed by atoms with Crippen LogP contribution in [0.5, 0.6) is 0 Å². The van der Waals surface area contributed by atoms with Crippen molar-refractivity contribution >= 4 is 44.8 Å². The van der Waals surface area contributed by atoms with Gasteiger partial charge in [-0.25, -0.2) is 0 Å². The number of rotatable bonds is 2. The highest BCUT2D eigenvalue weighted by Gasteiger charge is 2.13. The van der Waals surface area contributed by atoms with Crippen molar-refractivity contribution in [3.05, 3.63) is 37.9 Å². The SMILES string of the molecule is O=[N+]([O-])c1cc(Cl)c(Cl)c(CBr)c1. The molecule has 0 spiro atoms. The summed E-state index contributed by atoms with van der Waals surface area (Å²) < 4.78 is 0. The fourth-order valence-corrected chi connectivity index (χ4v) is 1.85. The lowest BCUT2D eigenvalue weighted by molar-refractivity contribution is -0.384. The summed E-state index contributed by atoms with van der Waals surface area (Å²) in [5.41, 5.74) is 0.560. The van der Waals surface area contributed by atoms with Gasteiger partial charge in [-0.3, -0.25) is 10.1 Å². The molecule has 3 nitrogen and oxygen atoms in total. The number of benzene rings is 1. The Kier molecular flexibility index (Phi) is 3.53. The zero-order valence-corrected chi connectivity index (χ0v) is 9.36. The van der Waals surface area contributed by atoms with Gasteiger partial charge in [0, 0.05) is 17.5 Å². The van der Waals surface area contributed by atoms with Crippen molar-refractivity contribution in [2.75, 3.05) is 0 Å². The van der Waals surface area contributed by atoms with E-state index in [9.17, 15) is 10.1 Å². The van der Waals surface area contributed by atoms with Crippen molar-refractivity contribution in [2.45, 2.75) is 5.33 Å². The molecule has 6 heteroatoms. The Labute approximate surface area is 92.9 Å². The van der Waals surface area contributed by atoms with E-state index < -0.39 is 4.92 Å². The van der Waals surface area contributed by atoms with Gasteiger partial charge >= 0.3 is 0 Å². The van der Waals surface area contributed by atoms with Crippen molar-refractivity contribution < 1.29 is 4.92 Å². The third-order valence-corrected chi connectivity index (χ3v) is 2.89. The van der Waals surface area contributed by atoms with Crippen LogP contribution in [0.2, 0.25) is 10.0 Å². The number of nitro groups is 1. The smallest absolute Gasteiger partial charge is 0.258 e. The maximum Gasteiger partial charge on any atom is 0.271 e. The second kappa shape index (κ2) is 4.26. The van der Waals surface area contributed by atoms with Crippen LogP contribution >= 0.6 is 39.1 Å². The molecule has 1 aromatic carbocycles. The van der Waals surface area contributed by atoms with Gasteiger partial charge in [-0.15, -0.1) is 0 Å². The minimum Gasteiger partial charge on any atom is -0.258 e. The Morgan fingerprint density at radius 1 is 1.46 bits per heavy atom. The van der Waals surface area contributed by atoms with Gasteiger partial charge in [0.1, 0.15) is 0 Å². The molecule has 0 aliphatic heterocycles. The molecule has 1 aromatic rings. The lowest BCUT2D eigenvalue weighted by Crippen LogP contribution is -1.90. The number of halogens is 3. The maximum atomic E-state index is 10.4. The first kappa shape index (κ1) is 10.8. The summed E-state index contributed by atoms with van der Waals surface area (Å²) in [6, 6.07) is 2.62. The van der Waals surface area contributed by atoms with Crippen molar-refractivity contribution in [2.24, 2.45) is 0 Å². The van der Waals surface area contributed by atoms with Crippen LogP contribution in [0.15, 0.2) is 12.1 Å². The van der Waals surface area contributed by atoms with Gasteiger partial charge in [0.2, 0.25) is 0 Å². The van der Waals surface area contributed by atoms with Crippen molar-refractivity contribution in [1.29, 1.82) is 0 Å². The van der Waals surface area contributed by atoms with E-state index in [-0.39, 0.29) is 10.7 Å². The Morgan fingerprint density at radius 3 is 2.54 bits per heavy atom. The molecule has 0 radical (unpaired) electrons. The van der Waals surface area contributed by atoms with Gasteiger partial charge in [0.05, 0.1) is 15.0 Å². The van der Waals surface area contributed by atoms with E-state index in [0.29, 0.717) is 15.9 Å². The van der Waals surface area contributed by atoms with Crippen molar-refractivity contribution in [3.8, 4) is 0 Å². The quantitative estimate of drug-likeness (QED) is 0.471. The second-order valence-electron chi connectivity index (χ2n) is 2.29. The normalized spacial score (nSPS) is 10.1. The predicted molar refractivity (Wildman–Crippen MR) is 55.7 cm³/mol. The van der Waals surface area contributed by atoms with E-state index in [1.54, 1.807) is 0 Å². The fraction of sp³-hybridized carbons (Fsp3) is 0.143. The topological polar surface area (TPSA) is 43.1 Å². The average Bonchev–Trinajstić information content (AvgIpc) is 2.09. The Balaban J connectivity index is 3.30. The Morgan fingerprint density at radius 2 is 2.08 bits per heavy atom. The first-order valence-electron chi connectivity index (χ1n) is 3.24. The molecule has 0 aliphatic rings. The van der Waals surface area contributed by atoms with Gasteiger partial charge in [-0.2, -0.15) is 0 Å². The summed E-state index contributed by atoms with van der Waals surface area (Å²) in [5.74, 6) is 0. The number of hydrogen-bond acceptors (Lipinski definition) is 2. The van der Waals surface area contributed by atoms with Crippen molar-refractivity contribution in [1.82, 2.24) is 0 Å². The van der Waals surface area contributed by atoms with Gasteiger partial charge in [-0.05, 0) is 5.56 Å². The Hall–Kier alpha value is -0.320. The average molecular weight is 285 g/mol. The molecule has 0 heterocycles. The Bertz CT molecular complexity index is 357. The molecule has 0 unspecified atom stereocenters. The van der Waals surface area contributed by atoms with Gasteiger partial charge in [-0.1, -0.05) is 39.1 Å². The van der Waals surface area contributed by atoms with E-state index in [4.69, 9.17) is 23.2 Å². The lowest BCUT2D eigenvalue weighted by atomic mass is 10.2. The van der Waals surface area contributed by atoms with Crippen LogP contribution in [0.3, 0.4) is 0 Å². The highest BCUT2D eigenvalue weighted by molar-refractivity contribution is 9.08. The summed E-state index contributed by atoms with van der Waals surface area (Å²) in [6.07, 6.45) is 0. The van der Waals surface area contributed by atoms with E-state index >= 15 is 0 Å². The van der Waals surface area contributed by atoms with E-state index in [0.717, 1.165) is 0 Å². The molecule has 0 N–H and O–H groups in total. The first-order valence-corrected chi connectivity index (χ1v) is 5.12. The van der Waals surface area contributed by atoms with Crippen LogP contribution in [0, 0.1) is 10.1 Å². The molecule has 0 amide bonds. The standard InChI is InChI=1S/C7H4BrCl2NO2/c8-3-4-1-5(11(12)13)2-6(9)7(4)10/h1-2H,3H2. The molecule has 0 saturated carbocycles. The summed E-state index contributed by atoms with van der Waals surface area (Å²) in [6.45, 7) is 0. The number of nitrogens with zero attached hydrogens (tertiary/aromatic N) is 1. The monoisotopic (exact) mass is 283 g/mol. The van der Waals surface area contributed by atoms with Crippen LogP contribution < -0.4 is 0 Å². The molecule has 0 fully saturated rings. The zero-order valence-electron chi connectivity index (χ0n) is 6.26. The fourth-order valence-electron chi connectivity index (χ4n) is 0.833. The van der Waals surface area contributed by atoms with Gasteiger partial charge < -0.3 is 0 Å². The summed E-state index contributed by atoms with van der Waals surface area (Å²) >= 11 is 14.6. The minimum atomic E-state index is -0.506.